The fraction of sp³-hybridized carbons (Fsp3) is 0.0556. The average Bonchev–Trinajstić information content (AvgIpc) is 2.60. The minimum atomic E-state index is -0.549. The highest BCUT2D eigenvalue weighted by molar-refractivity contribution is 7.98. The van der Waals surface area contributed by atoms with E-state index in [1.807, 2.05) is 6.07 Å². The van der Waals surface area contributed by atoms with Gasteiger partial charge in [0.15, 0.2) is 5.16 Å². The van der Waals surface area contributed by atoms with Crippen molar-refractivity contribution < 1.29 is 5.11 Å². The van der Waals surface area contributed by atoms with Gasteiger partial charge in [0.2, 0.25) is 0 Å². The molecule has 3 aromatic rings. The van der Waals surface area contributed by atoms with E-state index >= 15 is 0 Å². The highest BCUT2D eigenvalue weighted by atomic mass is 35.5. The van der Waals surface area contributed by atoms with Gasteiger partial charge in [0.25, 0.3) is 5.56 Å². The van der Waals surface area contributed by atoms with Gasteiger partial charge >= 0.3 is 0 Å². The lowest BCUT2D eigenvalue weighted by atomic mass is 10.00. The first kappa shape index (κ1) is 18.3. The summed E-state index contributed by atoms with van der Waals surface area (Å²) < 4.78 is 0. The number of nitrogens with one attached hydrogen (secondary N) is 1. The number of aromatic nitrogens is 2. The Morgan fingerprint density at radius 1 is 1.15 bits per heavy atom. The Kier molecular flexibility index (Phi) is 5.23. The first-order valence-electron chi connectivity index (χ1n) is 7.31. The first-order chi connectivity index (χ1) is 12.4. The van der Waals surface area contributed by atoms with Crippen LogP contribution in [-0.4, -0.2) is 21.3 Å². The van der Waals surface area contributed by atoms with Crippen molar-refractivity contribution in [3.8, 4) is 34.2 Å². The molecular formula is C18H11Cl2N3O2S. The number of phenols is 1. The molecular weight excluding hydrogens is 393 g/mol. The molecule has 2 aromatic carbocycles. The highest BCUT2D eigenvalue weighted by Gasteiger charge is 2.17. The van der Waals surface area contributed by atoms with Crippen LogP contribution < -0.4 is 5.56 Å². The Bertz CT molecular complexity index is 1090. The fourth-order valence-electron chi connectivity index (χ4n) is 2.48. The number of H-pyrrole nitrogens is 1. The van der Waals surface area contributed by atoms with Crippen LogP contribution in [0.2, 0.25) is 10.0 Å². The van der Waals surface area contributed by atoms with E-state index < -0.39 is 5.56 Å². The number of phenolic OH excluding ortho intramolecular Hbond substituents is 1. The lowest BCUT2D eigenvalue weighted by Crippen LogP contribution is -2.14. The summed E-state index contributed by atoms with van der Waals surface area (Å²) >= 11 is 13.3. The van der Waals surface area contributed by atoms with Gasteiger partial charge in [0.05, 0.1) is 0 Å². The van der Waals surface area contributed by atoms with Gasteiger partial charge in [-0.05, 0) is 47.7 Å². The molecule has 130 valence electrons. The number of nitriles is 1. The maximum atomic E-state index is 12.1. The molecule has 0 fully saturated rings. The van der Waals surface area contributed by atoms with Crippen molar-refractivity contribution in [1.29, 1.82) is 5.26 Å². The van der Waals surface area contributed by atoms with Gasteiger partial charge in [0, 0.05) is 15.6 Å². The summed E-state index contributed by atoms with van der Waals surface area (Å²) in [6.07, 6.45) is 1.75. The first-order valence-corrected chi connectivity index (χ1v) is 9.29. The van der Waals surface area contributed by atoms with Crippen LogP contribution in [-0.2, 0) is 0 Å². The maximum Gasteiger partial charge on any atom is 0.270 e. The van der Waals surface area contributed by atoms with Gasteiger partial charge in [-0.15, -0.1) is 0 Å². The van der Waals surface area contributed by atoms with Crippen LogP contribution >= 0.6 is 35.0 Å². The van der Waals surface area contributed by atoms with Crippen LogP contribution in [0.4, 0.5) is 0 Å². The average molecular weight is 404 g/mol. The predicted molar refractivity (Wildman–Crippen MR) is 104 cm³/mol. The largest absolute Gasteiger partial charge is 0.507 e. The number of halogens is 2. The second-order valence-electron chi connectivity index (χ2n) is 5.30. The number of nitrogens with zero attached hydrogens (tertiary/aromatic N) is 2. The van der Waals surface area contributed by atoms with Crippen molar-refractivity contribution >= 4 is 35.0 Å². The van der Waals surface area contributed by atoms with Crippen molar-refractivity contribution in [3.63, 3.8) is 0 Å². The van der Waals surface area contributed by atoms with Crippen LogP contribution in [0.3, 0.4) is 0 Å². The summed E-state index contributed by atoms with van der Waals surface area (Å²) in [6.45, 7) is 0. The minimum absolute atomic E-state index is 0.111. The highest BCUT2D eigenvalue weighted by Crippen LogP contribution is 2.35. The van der Waals surface area contributed by atoms with Crippen LogP contribution in [0.5, 0.6) is 5.75 Å². The molecule has 5 nitrogen and oxygen atoms in total. The SMILES string of the molecule is CSc1nc(-c2ccc(-c3cc(Cl)cc(Cl)c3)cc2O)c(C#N)c(=O)[nH]1. The van der Waals surface area contributed by atoms with Gasteiger partial charge in [-0.1, -0.05) is 41.0 Å². The minimum Gasteiger partial charge on any atom is -0.507 e. The van der Waals surface area contributed by atoms with E-state index in [0.717, 1.165) is 5.56 Å². The number of aromatic amines is 1. The maximum absolute atomic E-state index is 12.1. The summed E-state index contributed by atoms with van der Waals surface area (Å²) in [5.74, 6) is -0.111. The zero-order valence-electron chi connectivity index (χ0n) is 13.4. The zero-order chi connectivity index (χ0) is 18.8. The Morgan fingerprint density at radius 3 is 2.42 bits per heavy atom. The van der Waals surface area contributed by atoms with Crippen molar-refractivity contribution in [2.75, 3.05) is 6.26 Å². The molecule has 0 saturated carbocycles. The molecule has 26 heavy (non-hydrogen) atoms. The van der Waals surface area contributed by atoms with Crippen LogP contribution in [0.1, 0.15) is 5.56 Å². The molecule has 0 aliphatic carbocycles. The van der Waals surface area contributed by atoms with Gasteiger partial charge < -0.3 is 10.1 Å². The molecule has 3 rings (SSSR count). The van der Waals surface area contributed by atoms with Crippen LogP contribution in [0.25, 0.3) is 22.4 Å². The Hall–Kier alpha value is -2.46. The molecule has 0 atom stereocenters. The van der Waals surface area contributed by atoms with E-state index in [1.165, 1.54) is 17.8 Å². The monoisotopic (exact) mass is 403 g/mol. The third-order valence-corrected chi connectivity index (χ3v) is 4.67. The predicted octanol–water partition coefficient (Wildman–Crippen LogP) is 4.71. The molecule has 0 saturated heterocycles. The molecule has 0 spiro atoms. The number of aromatic hydroxyl groups is 1. The van der Waals surface area contributed by atoms with E-state index in [1.54, 1.807) is 36.6 Å². The van der Waals surface area contributed by atoms with E-state index in [-0.39, 0.29) is 17.0 Å². The van der Waals surface area contributed by atoms with E-state index in [4.69, 9.17) is 23.2 Å². The van der Waals surface area contributed by atoms with Gasteiger partial charge in [-0.25, -0.2) is 4.98 Å². The van der Waals surface area contributed by atoms with E-state index in [2.05, 4.69) is 9.97 Å². The summed E-state index contributed by atoms with van der Waals surface area (Å²) in [6, 6.07) is 11.8. The number of thioether (sulfide) groups is 1. The number of hydrogen-bond acceptors (Lipinski definition) is 5. The summed E-state index contributed by atoms with van der Waals surface area (Å²) in [7, 11) is 0. The standard InChI is InChI=1S/C18H11Cl2N3O2S/c1-26-18-22-16(14(8-21)17(25)23-18)13-3-2-9(6-15(13)24)10-4-11(19)7-12(20)5-10/h2-7,24H,1H3,(H,22,23,25). The summed E-state index contributed by atoms with van der Waals surface area (Å²) in [4.78, 5) is 18.8. The van der Waals surface area contributed by atoms with E-state index in [0.29, 0.717) is 26.3 Å². The number of hydrogen-bond donors (Lipinski definition) is 2. The molecule has 1 heterocycles. The quantitative estimate of drug-likeness (QED) is 0.488. The third-order valence-electron chi connectivity index (χ3n) is 3.65. The molecule has 0 aliphatic heterocycles. The van der Waals surface area contributed by atoms with Crippen molar-refractivity contribution in [1.82, 2.24) is 9.97 Å². The second-order valence-corrected chi connectivity index (χ2v) is 6.97. The molecule has 0 radical (unpaired) electrons. The normalized spacial score (nSPS) is 10.5. The van der Waals surface area contributed by atoms with Crippen LogP contribution in [0, 0.1) is 11.3 Å². The van der Waals surface area contributed by atoms with Crippen molar-refractivity contribution in [3.05, 3.63) is 62.4 Å². The van der Waals surface area contributed by atoms with Crippen LogP contribution in [0.15, 0.2) is 46.3 Å². The molecule has 0 aliphatic rings. The summed E-state index contributed by atoms with van der Waals surface area (Å²) in [5, 5.41) is 21.1. The Labute approximate surface area is 163 Å². The zero-order valence-corrected chi connectivity index (χ0v) is 15.7. The molecule has 0 amide bonds. The van der Waals surface area contributed by atoms with Gasteiger partial charge in [0.1, 0.15) is 23.1 Å². The molecule has 0 bridgehead atoms. The second kappa shape index (κ2) is 7.42. The number of benzene rings is 2. The lowest BCUT2D eigenvalue weighted by Gasteiger charge is -2.10. The topological polar surface area (TPSA) is 89.8 Å². The fourth-order valence-corrected chi connectivity index (χ4v) is 3.38. The Balaban J connectivity index is 2.16. The molecule has 8 heteroatoms. The van der Waals surface area contributed by atoms with Crippen molar-refractivity contribution in [2.24, 2.45) is 0 Å². The van der Waals surface area contributed by atoms with E-state index in [9.17, 15) is 15.2 Å². The van der Waals surface area contributed by atoms with Crippen molar-refractivity contribution in [2.45, 2.75) is 5.16 Å². The Morgan fingerprint density at radius 2 is 1.85 bits per heavy atom. The lowest BCUT2D eigenvalue weighted by molar-refractivity contribution is 0.477. The molecule has 0 unspecified atom stereocenters. The summed E-state index contributed by atoms with van der Waals surface area (Å²) in [5.41, 5.74) is 1.13. The third kappa shape index (κ3) is 3.56. The molecule has 2 N–H and O–H groups in total. The van der Waals surface area contributed by atoms with Gasteiger partial charge in [-0.3, -0.25) is 4.79 Å². The number of rotatable bonds is 3. The molecule has 1 aromatic heterocycles. The van der Waals surface area contributed by atoms with Gasteiger partial charge in [-0.2, -0.15) is 5.26 Å². The smallest absolute Gasteiger partial charge is 0.270 e.